The monoisotopic (exact) mass is 279 g/mol. The van der Waals surface area contributed by atoms with Crippen molar-refractivity contribution >= 4 is 5.69 Å². The number of benzene rings is 2. The van der Waals surface area contributed by atoms with Crippen molar-refractivity contribution in [3.8, 4) is 11.4 Å². The van der Waals surface area contributed by atoms with Gasteiger partial charge in [0.2, 0.25) is 0 Å². The summed E-state index contributed by atoms with van der Waals surface area (Å²) < 4.78 is 1.84. The fraction of sp³-hybridized carbons (Fsp3) is 0.188. The third-order valence-corrected chi connectivity index (χ3v) is 3.52. The van der Waals surface area contributed by atoms with Crippen molar-refractivity contribution in [3.05, 3.63) is 60.2 Å². The van der Waals surface area contributed by atoms with Crippen LogP contribution in [0.4, 0.5) is 5.69 Å². The van der Waals surface area contributed by atoms with Crippen molar-refractivity contribution in [1.82, 2.24) is 20.2 Å². The Bertz CT molecular complexity index is 703. The molecule has 0 saturated heterocycles. The third kappa shape index (κ3) is 2.91. The van der Waals surface area contributed by atoms with Crippen molar-refractivity contribution in [2.75, 3.05) is 5.73 Å². The molecule has 5 heteroatoms. The van der Waals surface area contributed by atoms with Crippen LogP contribution >= 0.6 is 0 Å². The molecule has 2 N–H and O–H groups in total. The van der Waals surface area contributed by atoms with E-state index in [4.69, 9.17) is 5.73 Å². The highest BCUT2D eigenvalue weighted by Gasteiger charge is 2.13. The van der Waals surface area contributed by atoms with Gasteiger partial charge in [0, 0.05) is 17.2 Å². The standard InChI is InChI=1S/C16H17N5/c1-12(13-5-3-2-4-6-13)11-21-16(18-19-20-21)14-7-9-15(17)10-8-14/h2-10,12H,11,17H2,1H3. The first kappa shape index (κ1) is 13.3. The Balaban J connectivity index is 1.84. The minimum absolute atomic E-state index is 0.335. The average Bonchev–Trinajstić information content (AvgIpc) is 2.97. The maximum absolute atomic E-state index is 5.72. The number of nitrogens with two attached hydrogens (primary N) is 1. The summed E-state index contributed by atoms with van der Waals surface area (Å²) >= 11 is 0. The smallest absolute Gasteiger partial charge is 0.182 e. The molecule has 0 saturated carbocycles. The van der Waals surface area contributed by atoms with E-state index >= 15 is 0 Å². The fourth-order valence-electron chi connectivity index (χ4n) is 2.31. The molecule has 1 heterocycles. The normalized spacial score (nSPS) is 12.2. The van der Waals surface area contributed by atoms with E-state index in [-0.39, 0.29) is 0 Å². The Labute approximate surface area is 123 Å². The highest BCUT2D eigenvalue weighted by atomic mass is 15.5. The summed E-state index contributed by atoms with van der Waals surface area (Å²) in [6, 6.07) is 17.9. The van der Waals surface area contributed by atoms with E-state index in [0.29, 0.717) is 5.92 Å². The minimum Gasteiger partial charge on any atom is -0.399 e. The van der Waals surface area contributed by atoms with Gasteiger partial charge in [-0.15, -0.1) is 5.10 Å². The van der Waals surface area contributed by atoms with E-state index in [1.54, 1.807) is 0 Å². The number of rotatable bonds is 4. The van der Waals surface area contributed by atoms with Crippen molar-refractivity contribution in [1.29, 1.82) is 0 Å². The topological polar surface area (TPSA) is 69.6 Å². The Morgan fingerprint density at radius 3 is 2.48 bits per heavy atom. The quantitative estimate of drug-likeness (QED) is 0.745. The lowest BCUT2D eigenvalue weighted by atomic mass is 10.0. The first-order valence-electron chi connectivity index (χ1n) is 6.91. The van der Waals surface area contributed by atoms with Crippen LogP contribution in [0.15, 0.2) is 54.6 Å². The number of hydrogen-bond donors (Lipinski definition) is 1. The zero-order valence-corrected chi connectivity index (χ0v) is 11.8. The summed E-state index contributed by atoms with van der Waals surface area (Å²) in [6.07, 6.45) is 0. The van der Waals surface area contributed by atoms with Crippen LogP contribution in [-0.4, -0.2) is 20.2 Å². The molecule has 0 aliphatic carbocycles. The molecule has 5 nitrogen and oxygen atoms in total. The second-order valence-corrected chi connectivity index (χ2v) is 5.12. The van der Waals surface area contributed by atoms with Gasteiger partial charge in [-0.1, -0.05) is 37.3 Å². The molecule has 3 rings (SSSR count). The third-order valence-electron chi connectivity index (χ3n) is 3.52. The van der Waals surface area contributed by atoms with Gasteiger partial charge in [0.25, 0.3) is 0 Å². The Morgan fingerprint density at radius 2 is 1.76 bits per heavy atom. The molecule has 0 radical (unpaired) electrons. The van der Waals surface area contributed by atoms with Crippen LogP contribution in [0.5, 0.6) is 0 Å². The van der Waals surface area contributed by atoms with Gasteiger partial charge in [-0.05, 0) is 40.3 Å². The first-order chi connectivity index (χ1) is 10.2. The van der Waals surface area contributed by atoms with Gasteiger partial charge in [-0.3, -0.25) is 0 Å². The van der Waals surface area contributed by atoms with Crippen LogP contribution in [-0.2, 0) is 6.54 Å². The van der Waals surface area contributed by atoms with Gasteiger partial charge in [0.05, 0.1) is 6.54 Å². The second kappa shape index (κ2) is 5.75. The molecule has 1 aromatic heterocycles. The van der Waals surface area contributed by atoms with Gasteiger partial charge >= 0.3 is 0 Å². The van der Waals surface area contributed by atoms with E-state index in [9.17, 15) is 0 Å². The molecular formula is C16H17N5. The molecule has 1 atom stereocenters. The predicted molar refractivity (Wildman–Crippen MR) is 82.5 cm³/mol. The van der Waals surface area contributed by atoms with E-state index in [0.717, 1.165) is 23.6 Å². The lowest BCUT2D eigenvalue weighted by Crippen LogP contribution is -2.09. The largest absolute Gasteiger partial charge is 0.399 e. The molecule has 0 fully saturated rings. The molecule has 0 aliphatic rings. The molecule has 3 aromatic rings. The fourth-order valence-corrected chi connectivity index (χ4v) is 2.31. The van der Waals surface area contributed by atoms with E-state index < -0.39 is 0 Å². The number of hydrogen-bond acceptors (Lipinski definition) is 4. The van der Waals surface area contributed by atoms with Crippen molar-refractivity contribution in [2.24, 2.45) is 0 Å². The summed E-state index contributed by atoms with van der Waals surface area (Å²) in [6.45, 7) is 2.90. The first-order valence-corrected chi connectivity index (χ1v) is 6.91. The zero-order valence-electron chi connectivity index (χ0n) is 11.8. The van der Waals surface area contributed by atoms with Crippen LogP contribution in [0.3, 0.4) is 0 Å². The molecule has 21 heavy (non-hydrogen) atoms. The van der Waals surface area contributed by atoms with Gasteiger partial charge in [0.15, 0.2) is 5.82 Å². The maximum Gasteiger partial charge on any atom is 0.182 e. The van der Waals surface area contributed by atoms with Crippen molar-refractivity contribution < 1.29 is 0 Å². The van der Waals surface area contributed by atoms with Crippen LogP contribution in [0.25, 0.3) is 11.4 Å². The minimum atomic E-state index is 0.335. The Kier molecular flexibility index (Phi) is 3.64. The molecule has 0 bridgehead atoms. The summed E-state index contributed by atoms with van der Waals surface area (Å²) in [7, 11) is 0. The predicted octanol–water partition coefficient (Wildman–Crippen LogP) is 2.73. The molecule has 0 aliphatic heterocycles. The second-order valence-electron chi connectivity index (χ2n) is 5.12. The molecule has 0 spiro atoms. The number of nitrogen functional groups attached to an aromatic ring is 1. The van der Waals surface area contributed by atoms with Crippen LogP contribution in [0, 0.1) is 0 Å². The van der Waals surface area contributed by atoms with Gasteiger partial charge < -0.3 is 5.73 Å². The summed E-state index contributed by atoms with van der Waals surface area (Å²) in [5.74, 6) is 1.10. The van der Waals surface area contributed by atoms with E-state index in [1.807, 2.05) is 47.1 Å². The van der Waals surface area contributed by atoms with Crippen molar-refractivity contribution in [2.45, 2.75) is 19.4 Å². The summed E-state index contributed by atoms with van der Waals surface area (Å²) in [5.41, 5.74) is 8.69. The van der Waals surface area contributed by atoms with Crippen LogP contribution in [0.1, 0.15) is 18.4 Å². The van der Waals surface area contributed by atoms with E-state index in [2.05, 4.69) is 34.6 Å². The van der Waals surface area contributed by atoms with Gasteiger partial charge in [-0.2, -0.15) is 0 Å². The molecule has 2 aromatic carbocycles. The highest BCUT2D eigenvalue weighted by Crippen LogP contribution is 2.21. The van der Waals surface area contributed by atoms with Gasteiger partial charge in [-0.25, -0.2) is 4.68 Å². The lowest BCUT2D eigenvalue weighted by Gasteiger charge is -2.12. The SMILES string of the molecule is CC(Cn1nnnc1-c1ccc(N)cc1)c1ccccc1. The van der Waals surface area contributed by atoms with Crippen molar-refractivity contribution in [3.63, 3.8) is 0 Å². The zero-order chi connectivity index (χ0) is 14.7. The average molecular weight is 279 g/mol. The summed E-state index contributed by atoms with van der Waals surface area (Å²) in [4.78, 5) is 0. The molecular weight excluding hydrogens is 262 g/mol. The van der Waals surface area contributed by atoms with Crippen LogP contribution < -0.4 is 5.73 Å². The van der Waals surface area contributed by atoms with Crippen LogP contribution in [0.2, 0.25) is 0 Å². The molecule has 0 amide bonds. The van der Waals surface area contributed by atoms with Gasteiger partial charge in [0.1, 0.15) is 0 Å². The van der Waals surface area contributed by atoms with E-state index in [1.165, 1.54) is 5.56 Å². The molecule has 1 unspecified atom stereocenters. The number of tetrazole rings is 1. The summed E-state index contributed by atoms with van der Waals surface area (Å²) in [5, 5.41) is 12.0. The molecule has 106 valence electrons. The lowest BCUT2D eigenvalue weighted by molar-refractivity contribution is 0.531. The Hall–Kier alpha value is -2.69. The number of anilines is 1. The highest BCUT2D eigenvalue weighted by molar-refractivity contribution is 5.58. The number of aromatic nitrogens is 4. The maximum atomic E-state index is 5.72. The number of nitrogens with zero attached hydrogens (tertiary/aromatic N) is 4. The Morgan fingerprint density at radius 1 is 1.05 bits per heavy atom.